The molecule has 0 spiro atoms. The quantitative estimate of drug-likeness (QED) is 0.0758. The summed E-state index contributed by atoms with van der Waals surface area (Å²) in [6, 6.07) is 47.6. The van der Waals surface area contributed by atoms with Crippen molar-refractivity contribution in [2.24, 2.45) is 0 Å². The number of methoxy groups -OCH3 is 1. The van der Waals surface area contributed by atoms with Crippen LogP contribution in [-0.2, 0) is 6.18 Å². The maximum Gasteiger partial charge on any atom is 0.416 e. The van der Waals surface area contributed by atoms with Gasteiger partial charge >= 0.3 is 6.18 Å². The van der Waals surface area contributed by atoms with Gasteiger partial charge in [-0.1, -0.05) is 124 Å². The van der Waals surface area contributed by atoms with Crippen LogP contribution >= 0.6 is 27.5 Å². The Morgan fingerprint density at radius 2 is 0.896 bits per heavy atom. The topological polar surface area (TPSA) is 196 Å². The number of carbonyl (C=O) groups excluding carboxylic acids is 7. The number of ketones is 7. The van der Waals surface area contributed by atoms with Crippen LogP contribution in [0.25, 0.3) is 0 Å². The van der Waals surface area contributed by atoms with Crippen LogP contribution in [0.4, 0.5) is 18.9 Å². The number of nitrogens with zero attached hydrogens (tertiary/aromatic N) is 2. The maximum atomic E-state index is 12.1. The molecule has 0 aliphatic rings. The summed E-state index contributed by atoms with van der Waals surface area (Å²) in [5, 5.41) is 19.4. The fraction of sp³-hybridized carbons (Fsp3) is 0.167. The third kappa shape index (κ3) is 27.0. The van der Waals surface area contributed by atoms with Gasteiger partial charge in [-0.05, 0) is 122 Å². The predicted molar refractivity (Wildman–Crippen MR) is 295 cm³/mol. The molecule has 0 amide bonds. The zero-order valence-electron chi connectivity index (χ0n) is 43.5. The summed E-state index contributed by atoms with van der Waals surface area (Å²) in [5.41, 5.74) is 4.72. The van der Waals surface area contributed by atoms with Gasteiger partial charge < -0.3 is 4.74 Å². The molecule has 0 unspecified atom stereocenters. The highest BCUT2D eigenvalue weighted by Gasteiger charge is 2.30. The van der Waals surface area contributed by atoms with E-state index in [1.807, 2.05) is 61.5 Å². The van der Waals surface area contributed by atoms with E-state index in [2.05, 4.69) is 15.9 Å². The SMILES string of the molecule is CC(=O)c1cccc(Br)c1.CC(=O)c1cccc(C#N)c1.CC(=O)c1cccc(C(F)(F)F)c1.CC(=O)c1cccc(C)c1.CC(=O)c1cccc(Cl)c1.CC(=O)c1cccc([N+](=O)[O-])c1.COc1cccc(C(C)=O)c1. The first-order chi connectivity index (χ1) is 36.1. The summed E-state index contributed by atoms with van der Waals surface area (Å²) in [6.45, 7) is 12.3. The van der Waals surface area contributed by atoms with Crippen molar-refractivity contribution < 1.29 is 56.4 Å². The van der Waals surface area contributed by atoms with Crippen molar-refractivity contribution in [1.82, 2.24) is 0 Å². The third-order valence-corrected chi connectivity index (χ3v) is 10.5. The van der Waals surface area contributed by atoms with E-state index in [1.165, 1.54) is 65.0 Å². The molecular weight excluding hydrogens is 1080 g/mol. The lowest BCUT2D eigenvalue weighted by Crippen LogP contribution is -2.06. The predicted octanol–water partition coefficient (Wildman–Crippen LogP) is 15.8. The van der Waals surface area contributed by atoms with E-state index < -0.39 is 16.7 Å². The Labute approximate surface area is 458 Å². The minimum atomic E-state index is -4.38. The van der Waals surface area contributed by atoms with Crippen molar-refractivity contribution in [1.29, 1.82) is 5.26 Å². The van der Waals surface area contributed by atoms with Gasteiger partial charge in [-0.25, -0.2) is 0 Å². The zero-order chi connectivity index (χ0) is 58.4. The number of non-ortho nitro benzene ring substituents is 1. The molecule has 7 aromatic carbocycles. The molecule has 0 aromatic heterocycles. The number of ether oxygens (including phenoxy) is 1. The molecule has 0 radical (unpaired) electrons. The number of Topliss-reactive ketones (excluding diaryl/α,β-unsaturated/α-hetero) is 7. The van der Waals surface area contributed by atoms with Crippen molar-refractivity contribution in [2.45, 2.75) is 61.6 Å². The van der Waals surface area contributed by atoms with E-state index in [9.17, 15) is 56.8 Å². The fourth-order valence-corrected chi connectivity index (χ4v) is 6.27. The Kier molecular flexibility index (Phi) is 29.5. The first-order valence-corrected chi connectivity index (χ1v) is 24.0. The van der Waals surface area contributed by atoms with Crippen LogP contribution in [0.15, 0.2) is 174 Å². The summed E-state index contributed by atoms with van der Waals surface area (Å²) in [6.07, 6.45) is -4.38. The number of carbonyl (C=O) groups is 7. The normalized spacial score (nSPS) is 9.62. The van der Waals surface area contributed by atoms with Gasteiger partial charge in [-0.15, -0.1) is 0 Å². The van der Waals surface area contributed by atoms with Crippen molar-refractivity contribution in [3.8, 4) is 11.8 Å². The maximum absolute atomic E-state index is 12.1. The number of aryl methyl sites for hydroxylation is 1. The van der Waals surface area contributed by atoms with Crippen LogP contribution in [-0.4, -0.2) is 52.5 Å². The lowest BCUT2D eigenvalue weighted by Gasteiger charge is -2.06. The second-order valence-electron chi connectivity index (χ2n) is 16.1. The van der Waals surface area contributed by atoms with E-state index in [-0.39, 0.29) is 51.7 Å². The van der Waals surface area contributed by atoms with Crippen molar-refractivity contribution in [3.63, 3.8) is 0 Å². The summed E-state index contributed by atoms with van der Waals surface area (Å²) < 4.78 is 42.3. The lowest BCUT2D eigenvalue weighted by molar-refractivity contribution is -0.384. The summed E-state index contributed by atoms with van der Waals surface area (Å²) in [5.74, 6) is 0.501. The van der Waals surface area contributed by atoms with Gasteiger partial charge in [-0.3, -0.25) is 43.7 Å². The van der Waals surface area contributed by atoms with E-state index in [0.717, 1.165) is 39.0 Å². The number of alkyl halides is 3. The van der Waals surface area contributed by atoms with Crippen LogP contribution < -0.4 is 4.74 Å². The molecule has 0 saturated heterocycles. The minimum absolute atomic E-state index is 0.0119. The van der Waals surface area contributed by atoms with Crippen LogP contribution in [0.3, 0.4) is 0 Å². The van der Waals surface area contributed by atoms with Crippen molar-refractivity contribution in [3.05, 3.63) is 245 Å². The van der Waals surface area contributed by atoms with Gasteiger partial charge in [0, 0.05) is 60.6 Å². The Morgan fingerprint density at radius 3 is 1.29 bits per heavy atom. The molecule has 0 fully saturated rings. The number of benzene rings is 7. The molecule has 0 bridgehead atoms. The molecule has 400 valence electrons. The molecule has 0 aliphatic heterocycles. The third-order valence-electron chi connectivity index (χ3n) is 9.82. The highest BCUT2D eigenvalue weighted by molar-refractivity contribution is 9.10. The number of hydrogen-bond donors (Lipinski definition) is 0. The summed E-state index contributed by atoms with van der Waals surface area (Å²) in [7, 11) is 1.58. The number of rotatable bonds is 9. The zero-order valence-corrected chi connectivity index (χ0v) is 45.9. The summed E-state index contributed by atoms with van der Waals surface area (Å²) >= 11 is 8.91. The number of hydrogen-bond acceptors (Lipinski definition) is 11. The largest absolute Gasteiger partial charge is 0.497 e. The molecule has 0 aliphatic carbocycles. The highest BCUT2D eigenvalue weighted by atomic mass is 79.9. The highest BCUT2D eigenvalue weighted by Crippen LogP contribution is 2.29. The Bertz CT molecular complexity index is 3060. The number of nitro groups is 1. The van der Waals surface area contributed by atoms with Gasteiger partial charge in [-0.2, -0.15) is 18.4 Å². The van der Waals surface area contributed by atoms with Gasteiger partial charge in [0.1, 0.15) is 5.75 Å². The molecule has 77 heavy (non-hydrogen) atoms. The number of nitriles is 1. The smallest absolute Gasteiger partial charge is 0.416 e. The Balaban J connectivity index is 0.000000450. The molecule has 0 saturated carbocycles. The van der Waals surface area contributed by atoms with Gasteiger partial charge in [0.05, 0.1) is 29.2 Å². The van der Waals surface area contributed by atoms with E-state index in [4.69, 9.17) is 21.6 Å². The number of nitro benzene ring substituents is 1. The molecule has 17 heteroatoms. The lowest BCUT2D eigenvalue weighted by atomic mass is 10.1. The first kappa shape index (κ1) is 66.5. The average molecular weight is 1140 g/mol. The van der Waals surface area contributed by atoms with E-state index in [1.54, 1.807) is 99.8 Å². The van der Waals surface area contributed by atoms with E-state index >= 15 is 0 Å². The Hall–Kier alpha value is -8.52. The molecule has 0 atom stereocenters. The van der Waals surface area contributed by atoms with Crippen LogP contribution in [0.2, 0.25) is 5.02 Å². The van der Waals surface area contributed by atoms with Crippen molar-refractivity contribution >= 4 is 73.7 Å². The number of halogens is 5. The molecule has 7 aromatic rings. The minimum Gasteiger partial charge on any atom is -0.497 e. The van der Waals surface area contributed by atoms with Gasteiger partial charge in [0.25, 0.3) is 5.69 Å². The van der Waals surface area contributed by atoms with E-state index in [0.29, 0.717) is 32.8 Å². The van der Waals surface area contributed by atoms with Crippen molar-refractivity contribution in [2.75, 3.05) is 7.11 Å². The molecule has 7 rings (SSSR count). The van der Waals surface area contributed by atoms with Gasteiger partial charge in [0.15, 0.2) is 40.5 Å². The Morgan fingerprint density at radius 1 is 0.519 bits per heavy atom. The average Bonchev–Trinajstić information content (AvgIpc) is 3.39. The first-order valence-electron chi connectivity index (χ1n) is 22.8. The van der Waals surface area contributed by atoms with Crippen LogP contribution in [0.5, 0.6) is 5.75 Å². The standard InChI is InChI=1S/C9H7F3O.C9H7NO.C9H10O2.C9H10O.C8H7BrO.C8H7ClO.C8H7NO3/c1-6(13)7-3-2-4-8(5-7)9(10,11)12;1-7(11)9-4-2-3-8(5-9)6-10;1-7(10)8-4-3-5-9(6-8)11-2;1-7-4-3-5-9(6-7)8(2)10;2*1-6(10)7-3-2-4-8(9)5-7;1-6(10)7-3-2-4-8(5-7)9(11)12/h2-5H,1H3;2-5H,1H3;3-6H,1-2H3;3-6H,1-2H3;2*2-5H,1H3;2-5H,1H3. The summed E-state index contributed by atoms with van der Waals surface area (Å²) in [4.78, 5) is 85.3. The van der Waals surface area contributed by atoms with Crippen LogP contribution in [0.1, 0.15) is 138 Å². The molecule has 0 heterocycles. The van der Waals surface area contributed by atoms with Crippen LogP contribution in [0, 0.1) is 28.4 Å². The molecular formula is C60H55BrClF3N2O10. The molecule has 12 nitrogen and oxygen atoms in total. The monoisotopic (exact) mass is 1130 g/mol. The second kappa shape index (κ2) is 34.1. The fourth-order valence-electron chi connectivity index (χ4n) is 5.68. The molecule has 0 N–H and O–H groups in total. The second-order valence-corrected chi connectivity index (χ2v) is 17.4. The van der Waals surface area contributed by atoms with Gasteiger partial charge in [0.2, 0.25) is 0 Å².